The number of likely N-dealkylation sites (N-methyl/N-ethyl adjacent to an activating group) is 1. The number of hydrogen-bond acceptors (Lipinski definition) is 2. The molecule has 0 radical (unpaired) electrons. The van der Waals surface area contributed by atoms with E-state index in [2.05, 4.69) is 0 Å². The number of ether oxygens (including phenoxy) is 1. The van der Waals surface area contributed by atoms with Gasteiger partial charge in [-0.05, 0) is 0 Å². The van der Waals surface area contributed by atoms with Crippen LogP contribution in [0.15, 0.2) is 0 Å². The molecule has 0 fully saturated rings. The Labute approximate surface area is 89.4 Å². The van der Waals surface area contributed by atoms with Crippen molar-refractivity contribution < 1.29 is 31.5 Å². The zero-order valence-corrected chi connectivity index (χ0v) is 9.47. The molecule has 0 aliphatic heterocycles. The normalized spacial score (nSPS) is 13.2. The van der Waals surface area contributed by atoms with Crippen LogP contribution in [0.25, 0.3) is 0 Å². The molecule has 0 aromatic rings. The Morgan fingerprint density at radius 3 is 2.31 bits per heavy atom. The number of aliphatic carboxylic acids is 1. The van der Waals surface area contributed by atoms with E-state index in [4.69, 9.17) is 21.4 Å². The van der Waals surface area contributed by atoms with E-state index in [1.807, 2.05) is 21.1 Å². The number of hydrogen-bond donors (Lipinski definition) is 1. The van der Waals surface area contributed by atoms with Gasteiger partial charge in [0, 0.05) is 0 Å². The molecule has 0 spiro atoms. The van der Waals surface area contributed by atoms with Gasteiger partial charge >= 0.3 is 5.97 Å². The molecular weight excluding hydrogens is 217 g/mol. The largest absolute Gasteiger partial charge is 1.00 e. The van der Waals surface area contributed by atoms with Gasteiger partial charge < -0.3 is 26.7 Å². The lowest BCUT2D eigenvalue weighted by Crippen LogP contribution is -3.00. The first-order valence-electron chi connectivity index (χ1n) is 3.62. The highest BCUT2D eigenvalue weighted by molar-refractivity contribution is 6.28. The van der Waals surface area contributed by atoms with Crippen molar-refractivity contribution in [3.8, 4) is 0 Å². The number of carboxylic acid groups (broad SMARTS) is 1. The highest BCUT2D eigenvalue weighted by Crippen LogP contribution is 1.99. The Kier molecular flexibility index (Phi) is 7.64. The molecule has 0 saturated heterocycles. The van der Waals surface area contributed by atoms with E-state index in [0.29, 0.717) is 6.61 Å². The first kappa shape index (κ1) is 15.4. The molecule has 0 saturated carbocycles. The Balaban J connectivity index is 0. The lowest BCUT2D eigenvalue weighted by molar-refractivity contribution is -0.870. The zero-order valence-electron chi connectivity index (χ0n) is 7.96. The Morgan fingerprint density at radius 1 is 1.54 bits per heavy atom. The molecule has 0 aliphatic carbocycles. The molecule has 0 aromatic carbocycles. The smallest absolute Gasteiger partial charge is 0.348 e. The lowest BCUT2D eigenvalue weighted by atomic mass is 10.5. The summed E-state index contributed by atoms with van der Waals surface area (Å²) in [5.41, 5.74) is -1.23. The molecule has 1 unspecified atom stereocenters. The van der Waals surface area contributed by atoms with Crippen molar-refractivity contribution in [1.29, 1.82) is 0 Å². The second-order valence-electron chi connectivity index (χ2n) is 3.54. The van der Waals surface area contributed by atoms with Crippen LogP contribution in [0, 0.1) is 0 Å². The standard InChI is InChI=1S/C7H14ClNO3.ClH/c1-9(2,3)4-5-12-6(8)7(10)11;/h6H,4-5H2,1-3H3;1H. The monoisotopic (exact) mass is 231 g/mol. The fraction of sp³-hybridized carbons (Fsp3) is 0.857. The average Bonchev–Trinajstić information content (AvgIpc) is 1.84. The molecule has 13 heavy (non-hydrogen) atoms. The van der Waals surface area contributed by atoms with Crippen LogP contribution in [0.4, 0.5) is 0 Å². The van der Waals surface area contributed by atoms with Crippen molar-refractivity contribution in [3.63, 3.8) is 0 Å². The van der Waals surface area contributed by atoms with E-state index in [1.165, 1.54) is 0 Å². The van der Waals surface area contributed by atoms with Crippen molar-refractivity contribution in [2.24, 2.45) is 0 Å². The van der Waals surface area contributed by atoms with E-state index >= 15 is 0 Å². The summed E-state index contributed by atoms with van der Waals surface area (Å²) in [4.78, 5) is 10.2. The summed E-state index contributed by atoms with van der Waals surface area (Å²) < 4.78 is 5.56. The first-order valence-corrected chi connectivity index (χ1v) is 4.05. The van der Waals surface area contributed by atoms with Crippen molar-refractivity contribution >= 4 is 17.6 Å². The van der Waals surface area contributed by atoms with E-state index < -0.39 is 11.5 Å². The summed E-state index contributed by atoms with van der Waals surface area (Å²) in [6.07, 6.45) is 0. The van der Waals surface area contributed by atoms with Crippen LogP contribution in [0.2, 0.25) is 0 Å². The third kappa shape index (κ3) is 9.89. The minimum atomic E-state index is -1.23. The summed E-state index contributed by atoms with van der Waals surface area (Å²) in [6, 6.07) is 0. The van der Waals surface area contributed by atoms with Gasteiger partial charge in [-0.3, -0.25) is 0 Å². The number of carboxylic acids is 1. The number of halogens is 2. The van der Waals surface area contributed by atoms with Crippen LogP contribution in [0.3, 0.4) is 0 Å². The molecule has 0 aliphatic rings. The quantitative estimate of drug-likeness (QED) is 0.416. The molecule has 0 amide bonds. The van der Waals surface area contributed by atoms with Crippen LogP contribution in [-0.4, -0.2) is 55.4 Å². The molecule has 0 aromatic heterocycles. The van der Waals surface area contributed by atoms with Crippen LogP contribution in [0.1, 0.15) is 0 Å². The number of nitrogens with zero attached hydrogens (tertiary/aromatic N) is 1. The molecular formula is C7H15Cl2NO3. The average molecular weight is 232 g/mol. The van der Waals surface area contributed by atoms with Gasteiger partial charge in [-0.1, -0.05) is 11.6 Å². The molecule has 4 nitrogen and oxygen atoms in total. The van der Waals surface area contributed by atoms with E-state index in [0.717, 1.165) is 11.0 Å². The Morgan fingerprint density at radius 2 is 2.00 bits per heavy atom. The van der Waals surface area contributed by atoms with Gasteiger partial charge in [-0.15, -0.1) is 0 Å². The Bertz CT molecular complexity index is 158. The van der Waals surface area contributed by atoms with Crippen molar-refractivity contribution in [2.45, 2.75) is 5.56 Å². The maximum absolute atomic E-state index is 10.2. The van der Waals surface area contributed by atoms with Gasteiger partial charge in [0.15, 0.2) is 0 Å². The van der Waals surface area contributed by atoms with E-state index in [-0.39, 0.29) is 12.4 Å². The van der Waals surface area contributed by atoms with E-state index in [9.17, 15) is 4.79 Å². The third-order valence-electron chi connectivity index (χ3n) is 1.22. The summed E-state index contributed by atoms with van der Waals surface area (Å²) >= 11 is 5.32. The minimum absolute atomic E-state index is 0. The first-order chi connectivity index (χ1) is 5.33. The van der Waals surface area contributed by atoms with Crippen LogP contribution in [-0.2, 0) is 9.53 Å². The number of quaternary nitrogens is 1. The molecule has 80 valence electrons. The highest BCUT2D eigenvalue weighted by atomic mass is 35.5. The molecule has 0 bridgehead atoms. The SMILES string of the molecule is C[N+](C)(C)CCOC(Cl)C(=O)O.[Cl-]. The van der Waals surface area contributed by atoms with Gasteiger partial charge in [-0.25, -0.2) is 4.79 Å². The molecule has 1 atom stereocenters. The number of alkyl halides is 1. The molecule has 0 heterocycles. The number of carbonyl (C=O) groups is 1. The van der Waals surface area contributed by atoms with Gasteiger partial charge in [-0.2, -0.15) is 0 Å². The van der Waals surface area contributed by atoms with Gasteiger partial charge in [0.25, 0.3) is 0 Å². The third-order valence-corrected chi connectivity index (χ3v) is 1.53. The van der Waals surface area contributed by atoms with Gasteiger partial charge in [0.1, 0.15) is 6.54 Å². The maximum atomic E-state index is 10.2. The predicted molar refractivity (Wildman–Crippen MR) is 46.1 cm³/mol. The van der Waals surface area contributed by atoms with Crippen LogP contribution in [0.5, 0.6) is 0 Å². The topological polar surface area (TPSA) is 46.5 Å². The Hall–Kier alpha value is -0.0300. The molecule has 1 N–H and O–H groups in total. The summed E-state index contributed by atoms with van der Waals surface area (Å²) in [5, 5.41) is 8.35. The fourth-order valence-corrected chi connectivity index (χ4v) is 0.590. The summed E-state index contributed by atoms with van der Waals surface area (Å²) in [5.74, 6) is -1.14. The maximum Gasteiger partial charge on any atom is 0.348 e. The summed E-state index contributed by atoms with van der Waals surface area (Å²) in [7, 11) is 5.98. The van der Waals surface area contributed by atoms with E-state index in [1.54, 1.807) is 0 Å². The second kappa shape index (κ2) is 6.43. The number of rotatable bonds is 5. The van der Waals surface area contributed by atoms with Gasteiger partial charge in [0.2, 0.25) is 5.56 Å². The zero-order chi connectivity index (χ0) is 9.78. The van der Waals surface area contributed by atoms with Crippen molar-refractivity contribution in [1.82, 2.24) is 0 Å². The predicted octanol–water partition coefficient (Wildman–Crippen LogP) is -2.64. The summed E-state index contributed by atoms with van der Waals surface area (Å²) in [6.45, 7) is 1.08. The van der Waals surface area contributed by atoms with Crippen molar-refractivity contribution in [3.05, 3.63) is 0 Å². The molecule has 6 heteroatoms. The van der Waals surface area contributed by atoms with Gasteiger partial charge in [0.05, 0.1) is 27.7 Å². The second-order valence-corrected chi connectivity index (χ2v) is 3.94. The van der Waals surface area contributed by atoms with Crippen LogP contribution >= 0.6 is 11.6 Å². The molecule has 0 rings (SSSR count). The van der Waals surface area contributed by atoms with Crippen LogP contribution < -0.4 is 12.4 Å². The highest BCUT2D eigenvalue weighted by Gasteiger charge is 2.15. The minimum Gasteiger partial charge on any atom is -1.00 e. The van der Waals surface area contributed by atoms with Crippen molar-refractivity contribution in [2.75, 3.05) is 34.3 Å². The lowest BCUT2D eigenvalue weighted by Gasteiger charge is -2.23. The fourth-order valence-electron chi connectivity index (χ4n) is 0.501.